The summed E-state index contributed by atoms with van der Waals surface area (Å²) in [5.41, 5.74) is -0.230. The number of hydrogen-bond donors (Lipinski definition) is 1. The Hall–Kier alpha value is -0.970. The molecule has 1 N–H and O–H groups in total. The maximum atomic E-state index is 10.8. The van der Waals surface area contributed by atoms with E-state index in [0.717, 1.165) is 4.90 Å². The van der Waals surface area contributed by atoms with Gasteiger partial charge in [0.1, 0.15) is 5.03 Å². The maximum absolute atomic E-state index is 10.8. The zero-order valence-electron chi connectivity index (χ0n) is 7.91. The van der Waals surface area contributed by atoms with Crippen LogP contribution in [0.3, 0.4) is 0 Å². The molecule has 0 bridgehead atoms. The lowest BCUT2D eigenvalue weighted by atomic mass is 10.4. The summed E-state index contributed by atoms with van der Waals surface area (Å²) in [6.07, 6.45) is 0. The van der Waals surface area contributed by atoms with E-state index in [-0.39, 0.29) is 5.56 Å². The van der Waals surface area contributed by atoms with Crippen LogP contribution in [-0.4, -0.2) is 10.2 Å². The van der Waals surface area contributed by atoms with Crippen molar-refractivity contribution in [3.63, 3.8) is 0 Å². The molecular weight excluding hydrogens is 267 g/mol. The molecule has 1 aromatic heterocycles. The molecule has 1 heterocycles. The molecule has 0 saturated heterocycles. The van der Waals surface area contributed by atoms with Crippen LogP contribution in [0.2, 0.25) is 10.0 Å². The zero-order chi connectivity index (χ0) is 11.5. The molecule has 0 aliphatic heterocycles. The summed E-state index contributed by atoms with van der Waals surface area (Å²) >= 11 is 13.1. The number of nitrogens with zero attached hydrogens (tertiary/aromatic N) is 1. The first-order chi connectivity index (χ1) is 7.65. The molecule has 0 aliphatic carbocycles. The molecule has 6 heteroatoms. The van der Waals surface area contributed by atoms with E-state index in [1.54, 1.807) is 18.2 Å². The Kier molecular flexibility index (Phi) is 3.53. The number of hydrogen-bond acceptors (Lipinski definition) is 3. The Labute approximate surface area is 106 Å². The Morgan fingerprint density at radius 1 is 1.19 bits per heavy atom. The summed E-state index contributed by atoms with van der Waals surface area (Å²) in [5, 5.41) is 8.04. The van der Waals surface area contributed by atoms with E-state index in [1.807, 2.05) is 6.07 Å². The molecule has 0 saturated carbocycles. The van der Waals surface area contributed by atoms with E-state index in [0.29, 0.717) is 15.1 Å². The van der Waals surface area contributed by atoms with Gasteiger partial charge in [-0.1, -0.05) is 35.0 Å². The van der Waals surface area contributed by atoms with Crippen LogP contribution in [0.15, 0.2) is 45.0 Å². The largest absolute Gasteiger partial charge is 0.268 e. The smallest absolute Gasteiger partial charge is 0.264 e. The SMILES string of the molecule is O=c1ccc(Sc2ccc(Cl)cc2Cl)n[nH]1. The summed E-state index contributed by atoms with van der Waals surface area (Å²) in [7, 11) is 0. The Bertz CT molecular complexity index is 550. The van der Waals surface area contributed by atoms with Gasteiger partial charge < -0.3 is 0 Å². The molecule has 82 valence electrons. The monoisotopic (exact) mass is 272 g/mol. The van der Waals surface area contributed by atoms with Crippen molar-refractivity contribution in [1.29, 1.82) is 0 Å². The average Bonchev–Trinajstić information content (AvgIpc) is 2.25. The van der Waals surface area contributed by atoms with E-state index >= 15 is 0 Å². The van der Waals surface area contributed by atoms with Crippen LogP contribution < -0.4 is 5.56 Å². The number of aromatic amines is 1. The fourth-order valence-electron chi connectivity index (χ4n) is 1.06. The molecule has 0 fully saturated rings. The molecule has 0 spiro atoms. The van der Waals surface area contributed by atoms with E-state index < -0.39 is 0 Å². The van der Waals surface area contributed by atoms with Gasteiger partial charge in [0.05, 0.1) is 5.02 Å². The minimum atomic E-state index is -0.230. The van der Waals surface area contributed by atoms with Crippen LogP contribution in [0.25, 0.3) is 0 Å². The third-order valence-corrected chi connectivity index (χ3v) is 3.43. The third-order valence-electron chi connectivity index (χ3n) is 1.76. The lowest BCUT2D eigenvalue weighted by Gasteiger charge is -2.02. The second-order valence-electron chi connectivity index (χ2n) is 2.94. The fourth-order valence-corrected chi connectivity index (χ4v) is 2.33. The third kappa shape index (κ3) is 2.78. The van der Waals surface area contributed by atoms with Gasteiger partial charge in [0.25, 0.3) is 5.56 Å². The van der Waals surface area contributed by atoms with Gasteiger partial charge in [-0.15, -0.1) is 0 Å². The number of H-pyrrole nitrogens is 1. The van der Waals surface area contributed by atoms with Crippen LogP contribution in [0, 0.1) is 0 Å². The molecule has 2 aromatic rings. The highest BCUT2D eigenvalue weighted by Gasteiger charge is 2.04. The minimum absolute atomic E-state index is 0.230. The van der Waals surface area contributed by atoms with Crippen molar-refractivity contribution in [2.75, 3.05) is 0 Å². The molecule has 0 aliphatic rings. The van der Waals surface area contributed by atoms with Crippen LogP contribution in [0.5, 0.6) is 0 Å². The van der Waals surface area contributed by atoms with E-state index in [2.05, 4.69) is 10.2 Å². The summed E-state index contributed by atoms with van der Waals surface area (Å²) in [6, 6.07) is 8.27. The van der Waals surface area contributed by atoms with Gasteiger partial charge in [-0.25, -0.2) is 5.10 Å². The molecular formula is C10H6Cl2N2OS. The predicted molar refractivity (Wildman–Crippen MR) is 65.4 cm³/mol. The van der Waals surface area contributed by atoms with E-state index in [9.17, 15) is 4.79 Å². The molecule has 2 rings (SSSR count). The van der Waals surface area contributed by atoms with Gasteiger partial charge in [0.2, 0.25) is 0 Å². The highest BCUT2D eigenvalue weighted by molar-refractivity contribution is 7.99. The summed E-state index contributed by atoms with van der Waals surface area (Å²) in [5.74, 6) is 0. The first-order valence-corrected chi connectivity index (χ1v) is 5.91. The van der Waals surface area contributed by atoms with Gasteiger partial charge in [-0.2, -0.15) is 5.10 Å². The standard InChI is InChI=1S/C10H6Cl2N2OS/c11-6-1-2-8(7(12)5-6)16-10-4-3-9(15)13-14-10/h1-5H,(H,13,15). The normalized spacial score (nSPS) is 10.4. The first kappa shape index (κ1) is 11.5. The van der Waals surface area contributed by atoms with Crippen molar-refractivity contribution >= 4 is 35.0 Å². The van der Waals surface area contributed by atoms with Crippen molar-refractivity contribution < 1.29 is 0 Å². The lowest BCUT2D eigenvalue weighted by molar-refractivity contribution is 0.899. The topological polar surface area (TPSA) is 45.8 Å². The fraction of sp³-hybridized carbons (Fsp3) is 0. The number of benzene rings is 1. The molecule has 1 aromatic carbocycles. The van der Waals surface area contributed by atoms with Crippen molar-refractivity contribution in [1.82, 2.24) is 10.2 Å². The van der Waals surface area contributed by atoms with Gasteiger partial charge in [-0.05, 0) is 24.3 Å². The number of halogens is 2. The van der Waals surface area contributed by atoms with E-state index in [4.69, 9.17) is 23.2 Å². The maximum Gasteiger partial charge on any atom is 0.264 e. The van der Waals surface area contributed by atoms with Crippen LogP contribution >= 0.6 is 35.0 Å². The lowest BCUT2D eigenvalue weighted by Crippen LogP contribution is -2.04. The van der Waals surface area contributed by atoms with E-state index in [1.165, 1.54) is 17.8 Å². The number of rotatable bonds is 2. The molecule has 16 heavy (non-hydrogen) atoms. The summed E-state index contributed by atoms with van der Waals surface area (Å²) < 4.78 is 0. The van der Waals surface area contributed by atoms with Gasteiger partial charge in [0, 0.05) is 16.0 Å². The van der Waals surface area contributed by atoms with Crippen LogP contribution in [0.4, 0.5) is 0 Å². The Balaban J connectivity index is 2.27. The van der Waals surface area contributed by atoms with Crippen molar-refractivity contribution in [3.05, 3.63) is 50.7 Å². The molecule has 0 amide bonds. The highest BCUT2D eigenvalue weighted by atomic mass is 35.5. The first-order valence-electron chi connectivity index (χ1n) is 4.34. The van der Waals surface area contributed by atoms with Crippen LogP contribution in [0.1, 0.15) is 0 Å². The van der Waals surface area contributed by atoms with Crippen LogP contribution in [-0.2, 0) is 0 Å². The second kappa shape index (κ2) is 4.91. The number of nitrogens with one attached hydrogen (secondary N) is 1. The molecule has 0 unspecified atom stereocenters. The quantitative estimate of drug-likeness (QED) is 0.913. The summed E-state index contributed by atoms with van der Waals surface area (Å²) in [4.78, 5) is 11.7. The number of aromatic nitrogens is 2. The molecule has 3 nitrogen and oxygen atoms in total. The minimum Gasteiger partial charge on any atom is -0.268 e. The van der Waals surface area contributed by atoms with Gasteiger partial charge in [0.15, 0.2) is 0 Å². The van der Waals surface area contributed by atoms with Crippen molar-refractivity contribution in [3.8, 4) is 0 Å². The Morgan fingerprint density at radius 3 is 2.62 bits per heavy atom. The van der Waals surface area contributed by atoms with Gasteiger partial charge >= 0.3 is 0 Å². The Morgan fingerprint density at radius 2 is 2.00 bits per heavy atom. The van der Waals surface area contributed by atoms with Crippen molar-refractivity contribution in [2.45, 2.75) is 9.92 Å². The predicted octanol–water partition coefficient (Wildman–Crippen LogP) is 3.23. The molecule has 0 radical (unpaired) electrons. The zero-order valence-corrected chi connectivity index (χ0v) is 10.2. The summed E-state index contributed by atoms with van der Waals surface area (Å²) in [6.45, 7) is 0. The van der Waals surface area contributed by atoms with Crippen molar-refractivity contribution in [2.24, 2.45) is 0 Å². The highest BCUT2D eigenvalue weighted by Crippen LogP contribution is 2.33. The second-order valence-corrected chi connectivity index (χ2v) is 4.84. The average molecular weight is 273 g/mol. The molecule has 0 atom stereocenters. The van der Waals surface area contributed by atoms with Gasteiger partial charge in [-0.3, -0.25) is 4.79 Å².